The molecule has 0 atom stereocenters. The molecular weight excluding hydrogens is 250 g/mol. The largest absolute Gasteiger partial charge is 0.313 e. The molecular formula is C17H27NS. The van der Waals surface area contributed by atoms with Gasteiger partial charge in [-0.3, -0.25) is 0 Å². The molecule has 0 radical (unpaired) electrons. The van der Waals surface area contributed by atoms with Crippen LogP contribution >= 0.6 is 11.8 Å². The molecule has 2 heteroatoms. The van der Waals surface area contributed by atoms with E-state index in [1.807, 2.05) is 11.8 Å². The standard InChI is InChI=1S/C17H27NS/c1-2-12-18-13-15-8-10-17(11-9-15)19-14-16-6-4-3-5-7-16/h8-11,16,18H,2-7,12-14H2,1H3. The molecule has 1 N–H and O–H groups in total. The van der Waals surface area contributed by atoms with Gasteiger partial charge in [0.05, 0.1) is 0 Å². The van der Waals surface area contributed by atoms with E-state index in [1.54, 1.807) is 0 Å². The molecule has 106 valence electrons. The summed E-state index contributed by atoms with van der Waals surface area (Å²) in [4.78, 5) is 1.44. The van der Waals surface area contributed by atoms with Gasteiger partial charge in [0.1, 0.15) is 0 Å². The van der Waals surface area contributed by atoms with Crippen LogP contribution < -0.4 is 5.32 Å². The lowest BCUT2D eigenvalue weighted by molar-refractivity contribution is 0.391. The van der Waals surface area contributed by atoms with E-state index in [-0.39, 0.29) is 0 Å². The summed E-state index contributed by atoms with van der Waals surface area (Å²) in [7, 11) is 0. The number of hydrogen-bond acceptors (Lipinski definition) is 2. The van der Waals surface area contributed by atoms with Crippen LogP contribution in [0.2, 0.25) is 0 Å². The van der Waals surface area contributed by atoms with Crippen LogP contribution in [0, 0.1) is 5.92 Å². The van der Waals surface area contributed by atoms with Gasteiger partial charge >= 0.3 is 0 Å². The Labute approximate surface area is 122 Å². The van der Waals surface area contributed by atoms with E-state index in [9.17, 15) is 0 Å². The van der Waals surface area contributed by atoms with E-state index < -0.39 is 0 Å². The molecule has 19 heavy (non-hydrogen) atoms. The van der Waals surface area contributed by atoms with Crippen molar-refractivity contribution in [1.82, 2.24) is 5.32 Å². The zero-order chi connectivity index (χ0) is 13.3. The Bertz CT molecular complexity index is 341. The van der Waals surface area contributed by atoms with Crippen LogP contribution in [0.1, 0.15) is 51.0 Å². The van der Waals surface area contributed by atoms with Crippen LogP contribution in [-0.2, 0) is 6.54 Å². The summed E-state index contributed by atoms with van der Waals surface area (Å²) >= 11 is 2.04. The molecule has 0 unspecified atom stereocenters. The average molecular weight is 277 g/mol. The summed E-state index contributed by atoms with van der Waals surface area (Å²) in [5.41, 5.74) is 1.40. The predicted octanol–water partition coefficient (Wildman–Crippen LogP) is 4.86. The maximum absolute atomic E-state index is 3.45. The normalized spacial score (nSPS) is 16.7. The summed E-state index contributed by atoms with van der Waals surface area (Å²) in [6, 6.07) is 9.12. The van der Waals surface area contributed by atoms with Crippen molar-refractivity contribution < 1.29 is 0 Å². The van der Waals surface area contributed by atoms with Crippen LogP contribution in [0.3, 0.4) is 0 Å². The Kier molecular flexibility index (Phi) is 6.80. The van der Waals surface area contributed by atoms with Crippen LogP contribution in [-0.4, -0.2) is 12.3 Å². The van der Waals surface area contributed by atoms with Crippen molar-refractivity contribution in [3.63, 3.8) is 0 Å². The maximum atomic E-state index is 3.45. The van der Waals surface area contributed by atoms with Gasteiger partial charge in [0.25, 0.3) is 0 Å². The third kappa shape index (κ3) is 5.58. The van der Waals surface area contributed by atoms with Crippen LogP contribution in [0.15, 0.2) is 29.2 Å². The van der Waals surface area contributed by atoms with Crippen LogP contribution in [0.25, 0.3) is 0 Å². The smallest absolute Gasteiger partial charge is 0.0205 e. The Morgan fingerprint density at radius 3 is 2.53 bits per heavy atom. The van der Waals surface area contributed by atoms with E-state index in [0.29, 0.717) is 0 Å². The Morgan fingerprint density at radius 1 is 1.11 bits per heavy atom. The second-order valence-electron chi connectivity index (χ2n) is 5.64. The zero-order valence-corrected chi connectivity index (χ0v) is 13.0. The SMILES string of the molecule is CCCNCc1ccc(SCC2CCCCC2)cc1. The number of benzene rings is 1. The second kappa shape index (κ2) is 8.65. The van der Waals surface area contributed by atoms with Gasteiger partial charge in [-0.1, -0.05) is 38.3 Å². The third-order valence-electron chi connectivity index (χ3n) is 3.89. The summed E-state index contributed by atoms with van der Waals surface area (Å²) in [6.45, 7) is 4.32. The molecule has 0 saturated heterocycles. The van der Waals surface area contributed by atoms with Crippen LogP contribution in [0.5, 0.6) is 0 Å². The molecule has 0 aliphatic heterocycles. The fourth-order valence-electron chi connectivity index (χ4n) is 2.68. The summed E-state index contributed by atoms with van der Waals surface area (Å²) < 4.78 is 0. The van der Waals surface area contributed by atoms with Gasteiger partial charge in [0.15, 0.2) is 0 Å². The van der Waals surface area contributed by atoms with Gasteiger partial charge in [0.2, 0.25) is 0 Å². The quantitative estimate of drug-likeness (QED) is 0.564. The minimum Gasteiger partial charge on any atom is -0.313 e. The van der Waals surface area contributed by atoms with Gasteiger partial charge in [-0.05, 0) is 49.4 Å². The highest BCUT2D eigenvalue weighted by Gasteiger charge is 2.13. The molecule has 1 fully saturated rings. The van der Waals surface area contributed by atoms with E-state index in [0.717, 1.165) is 19.0 Å². The molecule has 0 heterocycles. The molecule has 1 saturated carbocycles. The van der Waals surface area contributed by atoms with E-state index in [1.165, 1.54) is 54.7 Å². The molecule has 1 aliphatic rings. The molecule has 0 bridgehead atoms. The van der Waals surface area contributed by atoms with E-state index in [2.05, 4.69) is 36.5 Å². The molecule has 0 spiro atoms. The molecule has 1 aromatic rings. The number of nitrogens with one attached hydrogen (secondary N) is 1. The molecule has 0 amide bonds. The van der Waals surface area contributed by atoms with E-state index >= 15 is 0 Å². The highest BCUT2D eigenvalue weighted by Crippen LogP contribution is 2.29. The van der Waals surface area contributed by atoms with Crippen molar-refractivity contribution in [2.75, 3.05) is 12.3 Å². The highest BCUT2D eigenvalue weighted by molar-refractivity contribution is 7.99. The Morgan fingerprint density at radius 2 is 1.84 bits per heavy atom. The first-order valence-electron chi connectivity index (χ1n) is 7.81. The van der Waals surface area contributed by atoms with Crippen molar-refractivity contribution in [2.45, 2.75) is 56.9 Å². The van der Waals surface area contributed by atoms with Crippen LogP contribution in [0.4, 0.5) is 0 Å². The average Bonchev–Trinajstić information content (AvgIpc) is 2.48. The summed E-state index contributed by atoms with van der Waals surface area (Å²) in [6.07, 6.45) is 8.47. The molecule has 1 aliphatic carbocycles. The monoisotopic (exact) mass is 277 g/mol. The molecule has 2 rings (SSSR count). The first-order valence-corrected chi connectivity index (χ1v) is 8.79. The fraction of sp³-hybridized carbons (Fsp3) is 0.647. The minimum atomic E-state index is 0.963. The third-order valence-corrected chi connectivity index (χ3v) is 5.13. The lowest BCUT2D eigenvalue weighted by Gasteiger charge is -2.20. The van der Waals surface area contributed by atoms with Gasteiger partial charge in [-0.2, -0.15) is 0 Å². The maximum Gasteiger partial charge on any atom is 0.0205 e. The lowest BCUT2D eigenvalue weighted by atomic mass is 9.91. The van der Waals surface area contributed by atoms with E-state index in [4.69, 9.17) is 0 Å². The predicted molar refractivity (Wildman–Crippen MR) is 85.7 cm³/mol. The lowest BCUT2D eigenvalue weighted by Crippen LogP contribution is -2.13. The first kappa shape index (κ1) is 14.9. The number of rotatable bonds is 7. The molecule has 0 aromatic heterocycles. The summed E-state index contributed by atoms with van der Waals surface area (Å²) in [5.74, 6) is 2.28. The van der Waals surface area contributed by atoms with Gasteiger partial charge in [0, 0.05) is 17.2 Å². The number of hydrogen-bond donors (Lipinski definition) is 1. The summed E-state index contributed by atoms with van der Waals surface area (Å²) in [5, 5.41) is 3.45. The highest BCUT2D eigenvalue weighted by atomic mass is 32.2. The first-order chi connectivity index (χ1) is 9.38. The molecule has 1 aromatic carbocycles. The van der Waals surface area contributed by atoms with Gasteiger partial charge in [-0.15, -0.1) is 11.8 Å². The van der Waals surface area contributed by atoms with Crippen molar-refractivity contribution in [1.29, 1.82) is 0 Å². The second-order valence-corrected chi connectivity index (χ2v) is 6.73. The van der Waals surface area contributed by atoms with Crippen molar-refractivity contribution >= 4 is 11.8 Å². The molecule has 1 nitrogen and oxygen atoms in total. The zero-order valence-electron chi connectivity index (χ0n) is 12.2. The Hall–Kier alpha value is -0.470. The minimum absolute atomic E-state index is 0.963. The van der Waals surface area contributed by atoms with Crippen molar-refractivity contribution in [3.05, 3.63) is 29.8 Å². The van der Waals surface area contributed by atoms with Crippen molar-refractivity contribution in [3.8, 4) is 0 Å². The number of thioether (sulfide) groups is 1. The van der Waals surface area contributed by atoms with Crippen molar-refractivity contribution in [2.24, 2.45) is 5.92 Å². The van der Waals surface area contributed by atoms with Gasteiger partial charge < -0.3 is 5.32 Å². The topological polar surface area (TPSA) is 12.0 Å². The van der Waals surface area contributed by atoms with Gasteiger partial charge in [-0.25, -0.2) is 0 Å². The Balaban J connectivity index is 1.71. The fourth-order valence-corrected chi connectivity index (χ4v) is 3.77.